The van der Waals surface area contributed by atoms with Crippen LogP contribution in [0.3, 0.4) is 0 Å². The highest BCUT2D eigenvalue weighted by atomic mass is 16.5. The normalized spacial score (nSPS) is 19.2. The standard InChI is InChI=1S/C34H42N4O3/c1-25-11-14-32-30(22-25)24-36(3)18-15-28(27-8-5-4-6-9-27)10-7-17-37(20-21-41-32)33(39)29-13-12-26(2)31(23-29)38-19-16-35-34(38)40/h4-6,8-9,11-14,22-23,28H,7,10,15-21,24H2,1-3H3,(H,35,40). The fourth-order valence-electron chi connectivity index (χ4n) is 5.95. The number of ether oxygens (including phenoxy) is 1. The Morgan fingerprint density at radius 3 is 2.54 bits per heavy atom. The van der Waals surface area contributed by atoms with Gasteiger partial charge in [0.15, 0.2) is 0 Å². The van der Waals surface area contributed by atoms with Gasteiger partial charge in [0.2, 0.25) is 0 Å². The van der Waals surface area contributed by atoms with Crippen molar-refractivity contribution >= 4 is 17.6 Å². The molecule has 41 heavy (non-hydrogen) atoms. The van der Waals surface area contributed by atoms with Crippen LogP contribution in [-0.4, -0.2) is 68.1 Å². The molecule has 2 aliphatic heterocycles. The fraction of sp³-hybridized carbons (Fsp3) is 0.412. The van der Waals surface area contributed by atoms with Gasteiger partial charge < -0.3 is 19.9 Å². The molecule has 2 aliphatic rings. The molecule has 0 bridgehead atoms. The Morgan fingerprint density at radius 1 is 0.927 bits per heavy atom. The summed E-state index contributed by atoms with van der Waals surface area (Å²) in [6, 6.07) is 22.7. The van der Waals surface area contributed by atoms with E-state index < -0.39 is 0 Å². The molecule has 0 saturated carbocycles. The summed E-state index contributed by atoms with van der Waals surface area (Å²) in [7, 11) is 2.18. The van der Waals surface area contributed by atoms with Crippen molar-refractivity contribution in [2.24, 2.45) is 0 Å². The van der Waals surface area contributed by atoms with Crippen LogP contribution in [0.2, 0.25) is 0 Å². The van der Waals surface area contributed by atoms with Crippen molar-refractivity contribution in [2.75, 3.05) is 51.3 Å². The van der Waals surface area contributed by atoms with E-state index in [0.29, 0.717) is 44.3 Å². The zero-order valence-electron chi connectivity index (χ0n) is 24.6. The van der Waals surface area contributed by atoms with E-state index in [-0.39, 0.29) is 11.9 Å². The van der Waals surface area contributed by atoms with Crippen LogP contribution in [0.25, 0.3) is 0 Å². The molecule has 3 aromatic carbocycles. The molecule has 1 N–H and O–H groups in total. The molecule has 0 aromatic heterocycles. The first-order valence-corrected chi connectivity index (χ1v) is 14.8. The van der Waals surface area contributed by atoms with Crippen LogP contribution >= 0.6 is 0 Å². The zero-order chi connectivity index (χ0) is 28.8. The van der Waals surface area contributed by atoms with E-state index in [1.165, 1.54) is 16.7 Å². The van der Waals surface area contributed by atoms with E-state index in [2.05, 4.69) is 72.7 Å². The van der Waals surface area contributed by atoms with E-state index in [1.807, 2.05) is 30.0 Å². The van der Waals surface area contributed by atoms with Crippen molar-refractivity contribution in [1.29, 1.82) is 0 Å². The van der Waals surface area contributed by atoms with Crippen molar-refractivity contribution in [1.82, 2.24) is 15.1 Å². The largest absolute Gasteiger partial charge is 0.491 e. The summed E-state index contributed by atoms with van der Waals surface area (Å²) in [5.41, 5.74) is 6.11. The van der Waals surface area contributed by atoms with Crippen LogP contribution in [-0.2, 0) is 6.54 Å². The zero-order valence-corrected chi connectivity index (χ0v) is 24.6. The van der Waals surface area contributed by atoms with Crippen molar-refractivity contribution in [3.8, 4) is 5.75 Å². The Balaban J connectivity index is 1.40. The topological polar surface area (TPSA) is 65.1 Å². The summed E-state index contributed by atoms with van der Waals surface area (Å²) in [4.78, 5) is 32.3. The first-order valence-electron chi connectivity index (χ1n) is 14.8. The highest BCUT2D eigenvalue weighted by Crippen LogP contribution is 2.28. The van der Waals surface area contributed by atoms with Crippen LogP contribution < -0.4 is 15.0 Å². The Kier molecular flexibility index (Phi) is 9.24. The lowest BCUT2D eigenvalue weighted by atomic mass is 9.90. The highest BCUT2D eigenvalue weighted by molar-refractivity contribution is 5.99. The first kappa shape index (κ1) is 28.7. The summed E-state index contributed by atoms with van der Waals surface area (Å²) < 4.78 is 6.30. The van der Waals surface area contributed by atoms with Gasteiger partial charge in [-0.1, -0.05) is 54.1 Å². The smallest absolute Gasteiger partial charge is 0.322 e. The van der Waals surface area contributed by atoms with Crippen molar-refractivity contribution < 1.29 is 14.3 Å². The first-order chi connectivity index (χ1) is 19.9. The highest BCUT2D eigenvalue weighted by Gasteiger charge is 2.25. The van der Waals surface area contributed by atoms with Gasteiger partial charge in [-0.25, -0.2) is 4.79 Å². The lowest BCUT2D eigenvalue weighted by Crippen LogP contribution is -2.36. The number of hydrogen-bond acceptors (Lipinski definition) is 4. The van der Waals surface area contributed by atoms with E-state index >= 15 is 0 Å². The van der Waals surface area contributed by atoms with Gasteiger partial charge in [-0.15, -0.1) is 0 Å². The Bertz CT molecular complexity index is 1360. The molecule has 0 aliphatic carbocycles. The molecule has 216 valence electrons. The molecule has 3 amide bonds. The third-order valence-electron chi connectivity index (χ3n) is 8.28. The van der Waals surface area contributed by atoms with Crippen molar-refractivity contribution in [3.05, 3.63) is 94.5 Å². The minimum absolute atomic E-state index is 0.0262. The lowest BCUT2D eigenvalue weighted by molar-refractivity contribution is 0.0724. The Labute approximate surface area is 244 Å². The van der Waals surface area contributed by atoms with Crippen LogP contribution in [0.1, 0.15) is 57.8 Å². The van der Waals surface area contributed by atoms with Gasteiger partial charge in [0.05, 0.1) is 6.54 Å². The lowest BCUT2D eigenvalue weighted by Gasteiger charge is -2.28. The van der Waals surface area contributed by atoms with Gasteiger partial charge in [0.1, 0.15) is 12.4 Å². The van der Waals surface area contributed by atoms with Crippen LogP contribution in [0.4, 0.5) is 10.5 Å². The second kappa shape index (κ2) is 13.2. The van der Waals surface area contributed by atoms with Gasteiger partial charge in [0, 0.05) is 43.0 Å². The Morgan fingerprint density at radius 2 is 1.76 bits per heavy atom. The van der Waals surface area contributed by atoms with Gasteiger partial charge in [-0.3, -0.25) is 9.69 Å². The van der Waals surface area contributed by atoms with Crippen LogP contribution in [0.5, 0.6) is 5.75 Å². The molecule has 0 spiro atoms. The number of carbonyl (C=O) groups is 2. The number of benzene rings is 3. The fourth-order valence-corrected chi connectivity index (χ4v) is 5.95. The summed E-state index contributed by atoms with van der Waals surface area (Å²) >= 11 is 0. The van der Waals surface area contributed by atoms with Crippen molar-refractivity contribution in [2.45, 2.75) is 45.6 Å². The average Bonchev–Trinajstić information content (AvgIpc) is 3.40. The van der Waals surface area contributed by atoms with Gasteiger partial charge in [0.25, 0.3) is 5.91 Å². The van der Waals surface area contributed by atoms with Crippen molar-refractivity contribution in [3.63, 3.8) is 0 Å². The number of rotatable bonds is 3. The number of fused-ring (bicyclic) bond motifs is 1. The SMILES string of the molecule is Cc1ccc2c(c1)CN(C)CCC(c1ccccc1)CCCN(C(=O)c1ccc(C)c(N3CCNC3=O)c1)CCO2. The molecule has 1 atom stereocenters. The van der Waals surface area contributed by atoms with Gasteiger partial charge in [-0.2, -0.15) is 0 Å². The third kappa shape index (κ3) is 7.09. The Hall–Kier alpha value is -3.84. The average molecular weight is 555 g/mol. The molecular weight excluding hydrogens is 512 g/mol. The predicted octanol–water partition coefficient (Wildman–Crippen LogP) is 5.75. The number of anilines is 1. The molecule has 5 rings (SSSR count). The summed E-state index contributed by atoms with van der Waals surface area (Å²) in [6.07, 6.45) is 2.96. The predicted molar refractivity (Wildman–Crippen MR) is 164 cm³/mol. The molecule has 0 radical (unpaired) electrons. The summed E-state index contributed by atoms with van der Waals surface area (Å²) in [6.45, 7) is 8.65. The second-order valence-electron chi connectivity index (χ2n) is 11.4. The molecule has 1 fully saturated rings. The molecule has 7 heteroatoms. The molecule has 7 nitrogen and oxygen atoms in total. The minimum atomic E-state index is -0.115. The van der Waals surface area contributed by atoms with E-state index in [0.717, 1.165) is 49.4 Å². The number of amides is 3. The van der Waals surface area contributed by atoms with Gasteiger partial charge >= 0.3 is 6.03 Å². The van der Waals surface area contributed by atoms with E-state index in [1.54, 1.807) is 4.90 Å². The number of urea groups is 1. The summed E-state index contributed by atoms with van der Waals surface area (Å²) in [5.74, 6) is 1.28. The molecule has 3 aromatic rings. The summed E-state index contributed by atoms with van der Waals surface area (Å²) in [5, 5.41) is 2.86. The molecule has 1 saturated heterocycles. The maximum Gasteiger partial charge on any atom is 0.322 e. The van der Waals surface area contributed by atoms with Gasteiger partial charge in [-0.05, 0) is 81.9 Å². The van der Waals surface area contributed by atoms with Crippen LogP contribution in [0.15, 0.2) is 66.7 Å². The van der Waals surface area contributed by atoms with E-state index in [9.17, 15) is 9.59 Å². The third-order valence-corrected chi connectivity index (χ3v) is 8.28. The molecule has 2 heterocycles. The monoisotopic (exact) mass is 554 g/mol. The maximum atomic E-state index is 13.9. The number of aryl methyl sites for hydroxylation is 2. The number of nitrogens with zero attached hydrogens (tertiary/aromatic N) is 3. The number of carbonyl (C=O) groups excluding carboxylic acids is 2. The quantitative estimate of drug-likeness (QED) is 0.448. The maximum absolute atomic E-state index is 13.9. The second-order valence-corrected chi connectivity index (χ2v) is 11.4. The van der Waals surface area contributed by atoms with E-state index in [4.69, 9.17) is 4.74 Å². The number of hydrogen-bond donors (Lipinski definition) is 1. The molecule has 1 unspecified atom stereocenters. The minimum Gasteiger partial charge on any atom is -0.491 e. The van der Waals surface area contributed by atoms with Crippen LogP contribution in [0, 0.1) is 13.8 Å². The number of nitrogens with one attached hydrogen (secondary N) is 1. The molecular formula is C34H42N4O3.